The summed E-state index contributed by atoms with van der Waals surface area (Å²) in [6, 6.07) is 1.74. The third kappa shape index (κ3) is 2.00. The van der Waals surface area contributed by atoms with Crippen LogP contribution >= 0.6 is 15.9 Å². The van der Waals surface area contributed by atoms with Gasteiger partial charge in [-0.15, -0.1) is 0 Å². The maximum Gasteiger partial charge on any atom is 0.289 e. The Kier molecular flexibility index (Phi) is 2.92. The third-order valence-corrected chi connectivity index (χ3v) is 2.04. The molecule has 6 heteroatoms. The Hall–Kier alpha value is -1.04. The molecule has 0 aromatic heterocycles. The van der Waals surface area contributed by atoms with Gasteiger partial charge >= 0.3 is 0 Å². The molecule has 0 N–H and O–H groups in total. The second kappa shape index (κ2) is 3.78. The highest BCUT2D eigenvalue weighted by Crippen LogP contribution is 2.30. The van der Waals surface area contributed by atoms with Crippen molar-refractivity contribution in [1.29, 1.82) is 0 Å². The molecule has 0 aliphatic carbocycles. The summed E-state index contributed by atoms with van der Waals surface area (Å²) >= 11 is 2.79. The second-order valence-electron chi connectivity index (χ2n) is 2.29. The van der Waals surface area contributed by atoms with E-state index in [2.05, 4.69) is 15.9 Å². The van der Waals surface area contributed by atoms with E-state index < -0.39 is 23.1 Å². The number of nitro groups is 1. The van der Waals surface area contributed by atoms with Gasteiger partial charge in [-0.25, -0.2) is 8.78 Å². The lowest BCUT2D eigenvalue weighted by Gasteiger charge is -2.00. The molecule has 0 aliphatic rings. The fourth-order valence-corrected chi connectivity index (χ4v) is 1.54. The van der Waals surface area contributed by atoms with E-state index >= 15 is 0 Å². The monoisotopic (exact) mass is 251 g/mol. The minimum absolute atomic E-state index is 0.0508. The minimum atomic E-state index is -1.06. The van der Waals surface area contributed by atoms with Gasteiger partial charge in [0.25, 0.3) is 5.69 Å². The summed E-state index contributed by atoms with van der Waals surface area (Å²) in [5.41, 5.74) is -0.694. The lowest BCUT2D eigenvalue weighted by atomic mass is 10.2. The smallest absolute Gasteiger partial charge is 0.258 e. The molecule has 0 atom stereocenters. The highest BCUT2D eigenvalue weighted by molar-refractivity contribution is 9.10. The first-order valence-electron chi connectivity index (χ1n) is 3.24. The lowest BCUT2D eigenvalue weighted by molar-refractivity contribution is -0.386. The Morgan fingerprint density at radius 2 is 2.15 bits per heavy atom. The molecule has 1 aromatic rings. The maximum atomic E-state index is 12.6. The van der Waals surface area contributed by atoms with Crippen LogP contribution < -0.4 is 0 Å². The molecule has 1 rings (SSSR count). The zero-order valence-electron chi connectivity index (χ0n) is 6.26. The molecule has 0 spiro atoms. The second-order valence-corrected chi connectivity index (χ2v) is 3.14. The summed E-state index contributed by atoms with van der Waals surface area (Å²) in [4.78, 5) is 9.65. The Bertz CT molecular complexity index is 357. The first-order chi connectivity index (χ1) is 6.06. The number of rotatable bonds is 2. The van der Waals surface area contributed by atoms with Gasteiger partial charge in [0.2, 0.25) is 0 Å². The maximum absolute atomic E-state index is 12.6. The predicted octanol–water partition coefficient (Wildman–Crippen LogP) is 2.97. The molecule has 0 saturated heterocycles. The van der Waals surface area contributed by atoms with E-state index in [1.54, 1.807) is 0 Å². The van der Waals surface area contributed by atoms with Crippen molar-refractivity contribution in [2.75, 3.05) is 0 Å². The van der Waals surface area contributed by atoms with Crippen molar-refractivity contribution in [1.82, 2.24) is 0 Å². The molecule has 3 nitrogen and oxygen atoms in total. The van der Waals surface area contributed by atoms with E-state index in [9.17, 15) is 18.9 Å². The summed E-state index contributed by atoms with van der Waals surface area (Å²) in [6.45, 7) is -1.06. The quantitative estimate of drug-likeness (QED) is 0.599. The van der Waals surface area contributed by atoms with Crippen molar-refractivity contribution in [2.45, 2.75) is 6.67 Å². The molecule has 0 amide bonds. The minimum Gasteiger partial charge on any atom is -0.258 e. The highest BCUT2D eigenvalue weighted by atomic mass is 79.9. The summed E-state index contributed by atoms with van der Waals surface area (Å²) in [7, 11) is 0. The molecule has 0 bridgehead atoms. The van der Waals surface area contributed by atoms with Gasteiger partial charge in [0, 0.05) is 0 Å². The number of alkyl halides is 1. The van der Waals surface area contributed by atoms with Crippen molar-refractivity contribution in [2.24, 2.45) is 0 Å². The fraction of sp³-hybridized carbons (Fsp3) is 0.143. The average molecular weight is 252 g/mol. The summed E-state index contributed by atoms with van der Waals surface area (Å²) in [6.07, 6.45) is 0. The molecule has 0 fully saturated rings. The van der Waals surface area contributed by atoms with Crippen LogP contribution in [0.4, 0.5) is 14.5 Å². The summed E-state index contributed by atoms with van der Waals surface area (Å²) in [5.74, 6) is -0.704. The number of hydrogen-bond donors (Lipinski definition) is 0. The molecule has 13 heavy (non-hydrogen) atoms. The average Bonchev–Trinajstić information content (AvgIpc) is 2.01. The summed E-state index contributed by atoms with van der Waals surface area (Å²) < 4.78 is 24.8. The third-order valence-electron chi connectivity index (χ3n) is 1.43. The van der Waals surface area contributed by atoms with Crippen molar-refractivity contribution < 1.29 is 13.7 Å². The van der Waals surface area contributed by atoms with Crippen molar-refractivity contribution in [3.63, 3.8) is 0 Å². The number of benzene rings is 1. The molecular formula is C7H4BrF2NO2. The van der Waals surface area contributed by atoms with Crippen LogP contribution in [0.3, 0.4) is 0 Å². The van der Waals surface area contributed by atoms with Crippen LogP contribution in [0.25, 0.3) is 0 Å². The van der Waals surface area contributed by atoms with Crippen LogP contribution in [0.1, 0.15) is 5.56 Å². The van der Waals surface area contributed by atoms with E-state index in [1.807, 2.05) is 0 Å². The van der Waals surface area contributed by atoms with Crippen LogP contribution in [-0.2, 0) is 6.67 Å². The highest BCUT2D eigenvalue weighted by Gasteiger charge is 2.19. The Morgan fingerprint density at radius 3 is 2.62 bits per heavy atom. The topological polar surface area (TPSA) is 43.1 Å². The van der Waals surface area contributed by atoms with E-state index in [0.29, 0.717) is 0 Å². The van der Waals surface area contributed by atoms with E-state index in [1.165, 1.54) is 0 Å². The van der Waals surface area contributed by atoms with E-state index in [0.717, 1.165) is 12.1 Å². The van der Waals surface area contributed by atoms with E-state index in [4.69, 9.17) is 0 Å². The SMILES string of the molecule is O=[N+]([O-])c1c(Br)cc(F)cc1CF. The van der Waals surface area contributed by atoms with Gasteiger partial charge in [0.05, 0.1) is 15.0 Å². The molecule has 0 aliphatic heterocycles. The molecule has 0 saturated carbocycles. The molecular weight excluding hydrogens is 248 g/mol. The van der Waals surface area contributed by atoms with Crippen LogP contribution in [-0.4, -0.2) is 4.92 Å². The number of nitro benzene ring substituents is 1. The van der Waals surface area contributed by atoms with Gasteiger partial charge in [-0.3, -0.25) is 10.1 Å². The van der Waals surface area contributed by atoms with Crippen molar-refractivity contribution in [3.05, 3.63) is 38.1 Å². The van der Waals surface area contributed by atoms with Crippen molar-refractivity contribution in [3.8, 4) is 0 Å². The fourth-order valence-electron chi connectivity index (χ4n) is 0.926. The Labute approximate surface area is 80.6 Å². The Balaban J connectivity index is 3.38. The number of halogens is 3. The number of hydrogen-bond acceptors (Lipinski definition) is 2. The standard InChI is InChI=1S/C7H4BrF2NO2/c8-6-2-5(10)1-4(3-9)7(6)11(12)13/h1-2H,3H2. The van der Waals surface area contributed by atoms with Crippen LogP contribution in [0.2, 0.25) is 0 Å². The van der Waals surface area contributed by atoms with Gasteiger partial charge in [-0.2, -0.15) is 0 Å². The van der Waals surface area contributed by atoms with Gasteiger partial charge in [0.15, 0.2) is 0 Å². The first-order valence-corrected chi connectivity index (χ1v) is 4.04. The van der Waals surface area contributed by atoms with Gasteiger partial charge < -0.3 is 0 Å². The zero-order valence-corrected chi connectivity index (χ0v) is 7.85. The van der Waals surface area contributed by atoms with E-state index in [-0.39, 0.29) is 10.0 Å². The van der Waals surface area contributed by atoms with Crippen LogP contribution in [0.5, 0.6) is 0 Å². The molecule has 1 aromatic carbocycles. The largest absolute Gasteiger partial charge is 0.289 e. The predicted molar refractivity (Wildman–Crippen MR) is 45.6 cm³/mol. The van der Waals surface area contributed by atoms with Gasteiger partial charge in [-0.05, 0) is 28.1 Å². The first kappa shape index (κ1) is 10.0. The molecule has 70 valence electrons. The van der Waals surface area contributed by atoms with Gasteiger partial charge in [0.1, 0.15) is 12.5 Å². The number of nitrogens with zero attached hydrogens (tertiary/aromatic N) is 1. The Morgan fingerprint density at radius 1 is 1.54 bits per heavy atom. The van der Waals surface area contributed by atoms with Crippen LogP contribution in [0, 0.1) is 15.9 Å². The molecule has 0 heterocycles. The lowest BCUT2D eigenvalue weighted by Crippen LogP contribution is -1.96. The summed E-state index contributed by atoms with van der Waals surface area (Å²) in [5, 5.41) is 10.4. The molecule has 0 radical (unpaired) electrons. The zero-order chi connectivity index (χ0) is 10.0. The van der Waals surface area contributed by atoms with Gasteiger partial charge in [-0.1, -0.05) is 0 Å². The van der Waals surface area contributed by atoms with Crippen molar-refractivity contribution >= 4 is 21.6 Å². The molecule has 0 unspecified atom stereocenters. The normalized spacial score (nSPS) is 10.1. The van der Waals surface area contributed by atoms with Crippen LogP contribution in [0.15, 0.2) is 16.6 Å².